The number of carbonyl (C=O) groups excluding carboxylic acids is 3. The predicted octanol–water partition coefficient (Wildman–Crippen LogP) is 2.85. The molecular weight excluding hydrogens is 534 g/mol. The number of benzene rings is 2. The number of amides is 3. The number of hydrogen-bond acceptors (Lipinski definition) is 8. The Labute approximate surface area is 236 Å². The van der Waals surface area contributed by atoms with Gasteiger partial charge in [-0.3, -0.25) is 14.4 Å². The summed E-state index contributed by atoms with van der Waals surface area (Å²) in [4.78, 5) is 41.9. The molecule has 0 unspecified atom stereocenters. The fourth-order valence-corrected chi connectivity index (χ4v) is 6.33. The van der Waals surface area contributed by atoms with E-state index < -0.39 is 34.7 Å². The Balaban J connectivity index is 1.54. The van der Waals surface area contributed by atoms with Gasteiger partial charge in [0.25, 0.3) is 11.8 Å². The lowest BCUT2D eigenvalue weighted by Crippen LogP contribution is -2.58. The molecule has 2 heterocycles. The van der Waals surface area contributed by atoms with Crippen molar-refractivity contribution in [1.29, 1.82) is 0 Å². The second-order valence-electron chi connectivity index (χ2n) is 10.1. The average Bonchev–Trinajstić information content (AvgIpc) is 3.49. The third-order valence-corrected chi connectivity index (χ3v) is 9.10. The van der Waals surface area contributed by atoms with E-state index in [4.69, 9.17) is 0 Å². The van der Waals surface area contributed by atoms with Crippen molar-refractivity contribution in [3.63, 3.8) is 0 Å². The molecule has 0 bridgehead atoms. The maximum atomic E-state index is 13.8. The highest BCUT2D eigenvalue weighted by molar-refractivity contribution is 8.00. The molecular formula is C28H33N5O4S2. The van der Waals surface area contributed by atoms with Gasteiger partial charge in [-0.2, -0.15) is 0 Å². The number of aromatic nitrogens is 2. The van der Waals surface area contributed by atoms with E-state index in [2.05, 4.69) is 20.2 Å². The van der Waals surface area contributed by atoms with Crippen molar-refractivity contribution >= 4 is 41.0 Å². The van der Waals surface area contributed by atoms with Crippen molar-refractivity contribution in [3.05, 3.63) is 81.9 Å². The van der Waals surface area contributed by atoms with Crippen molar-refractivity contribution in [2.45, 2.75) is 63.6 Å². The molecule has 0 saturated carbocycles. The van der Waals surface area contributed by atoms with Crippen molar-refractivity contribution in [3.8, 4) is 0 Å². The molecule has 9 nitrogen and oxygen atoms in total. The highest BCUT2D eigenvalue weighted by atomic mass is 32.2. The summed E-state index contributed by atoms with van der Waals surface area (Å²) in [5.41, 5.74) is 3.37. The fraction of sp³-hybridized carbons (Fsp3) is 0.393. The zero-order valence-electron chi connectivity index (χ0n) is 22.4. The summed E-state index contributed by atoms with van der Waals surface area (Å²) < 4.78 is 3.24. The molecule has 1 fully saturated rings. The molecule has 3 amide bonds. The lowest BCUT2D eigenvalue weighted by atomic mass is 9.97. The van der Waals surface area contributed by atoms with Gasteiger partial charge < -0.3 is 20.6 Å². The Kier molecular flexibility index (Phi) is 9.04. The Morgan fingerprint density at radius 3 is 2.46 bits per heavy atom. The van der Waals surface area contributed by atoms with Crippen LogP contribution in [0.25, 0.3) is 0 Å². The minimum absolute atomic E-state index is 0.222. The Hall–Kier alpha value is -3.28. The topological polar surface area (TPSA) is 125 Å². The van der Waals surface area contributed by atoms with Gasteiger partial charge in [-0.05, 0) is 62.3 Å². The summed E-state index contributed by atoms with van der Waals surface area (Å²) in [5, 5.41) is 21.0. The van der Waals surface area contributed by atoms with Gasteiger partial charge >= 0.3 is 0 Å². The lowest BCUT2D eigenvalue weighted by Gasteiger charge is -2.33. The van der Waals surface area contributed by atoms with Crippen LogP contribution in [0.2, 0.25) is 0 Å². The second-order valence-corrected chi connectivity index (χ2v) is 12.5. The summed E-state index contributed by atoms with van der Waals surface area (Å²) >= 11 is 2.43. The van der Waals surface area contributed by atoms with E-state index in [1.165, 1.54) is 16.7 Å². The molecule has 1 aromatic heterocycles. The van der Waals surface area contributed by atoms with Gasteiger partial charge in [-0.25, -0.2) is 0 Å². The molecule has 4 rings (SSSR count). The molecule has 206 valence electrons. The first-order valence-electron chi connectivity index (χ1n) is 12.7. The van der Waals surface area contributed by atoms with Crippen LogP contribution < -0.4 is 10.6 Å². The summed E-state index contributed by atoms with van der Waals surface area (Å²) in [6.07, 6.45) is -1.35. The van der Waals surface area contributed by atoms with Crippen LogP contribution in [0, 0.1) is 13.8 Å². The predicted molar refractivity (Wildman–Crippen MR) is 152 cm³/mol. The third kappa shape index (κ3) is 6.66. The standard InChI is InChI=1S/C28H33N5O4S2/c1-17-10-8-9-13-20(17)15-29-26(36)24-28(3,4)38-16-33(24)27(37)22(34)21(14-19-11-6-5-7-12-19)30-25(35)23-18(2)31-32-39-23/h5-13,21-22,24,34H,14-16H2,1-4H3,(H,29,36)(H,30,35)/t21-,22-,24+/m0/s1. The number of thioether (sulfide) groups is 1. The van der Waals surface area contributed by atoms with Crippen LogP contribution in [0.15, 0.2) is 54.6 Å². The highest BCUT2D eigenvalue weighted by Crippen LogP contribution is 2.40. The normalized spacial score (nSPS) is 17.9. The number of carbonyl (C=O) groups is 3. The number of nitrogens with one attached hydrogen (secondary N) is 2. The van der Waals surface area contributed by atoms with Gasteiger partial charge in [-0.1, -0.05) is 59.1 Å². The van der Waals surface area contributed by atoms with Crippen molar-refractivity contribution in [2.75, 3.05) is 5.88 Å². The number of nitrogens with zero attached hydrogens (tertiary/aromatic N) is 3. The number of aliphatic hydroxyl groups is 1. The summed E-state index contributed by atoms with van der Waals surface area (Å²) in [7, 11) is 0. The zero-order valence-corrected chi connectivity index (χ0v) is 24.0. The quantitative estimate of drug-likeness (QED) is 0.363. The summed E-state index contributed by atoms with van der Waals surface area (Å²) in [6, 6.07) is 15.4. The minimum atomic E-state index is -1.57. The second kappa shape index (κ2) is 12.3. The molecule has 1 aliphatic heterocycles. The minimum Gasteiger partial charge on any atom is -0.381 e. The third-order valence-electron chi connectivity index (χ3n) is 6.90. The van der Waals surface area contributed by atoms with E-state index in [9.17, 15) is 19.5 Å². The van der Waals surface area contributed by atoms with Crippen LogP contribution in [0.5, 0.6) is 0 Å². The first kappa shape index (κ1) is 28.7. The molecule has 11 heteroatoms. The van der Waals surface area contributed by atoms with Crippen molar-refractivity contribution in [1.82, 2.24) is 25.1 Å². The van der Waals surface area contributed by atoms with E-state index in [0.717, 1.165) is 28.2 Å². The van der Waals surface area contributed by atoms with E-state index >= 15 is 0 Å². The molecule has 2 aromatic carbocycles. The number of rotatable bonds is 9. The Morgan fingerprint density at radius 1 is 1.10 bits per heavy atom. The maximum absolute atomic E-state index is 13.8. The molecule has 3 N–H and O–H groups in total. The molecule has 0 spiro atoms. The van der Waals surface area contributed by atoms with Crippen LogP contribution >= 0.6 is 23.3 Å². The van der Waals surface area contributed by atoms with E-state index in [1.807, 2.05) is 75.4 Å². The number of aliphatic hydroxyl groups excluding tert-OH is 1. The Morgan fingerprint density at radius 2 is 1.79 bits per heavy atom. The first-order valence-corrected chi connectivity index (χ1v) is 14.4. The lowest BCUT2D eigenvalue weighted by molar-refractivity contribution is -0.147. The van der Waals surface area contributed by atoms with Gasteiger partial charge in [0, 0.05) is 11.3 Å². The summed E-state index contributed by atoms with van der Waals surface area (Å²) in [6.45, 7) is 7.82. The maximum Gasteiger partial charge on any atom is 0.265 e. The van der Waals surface area contributed by atoms with E-state index in [-0.39, 0.29) is 18.2 Å². The monoisotopic (exact) mass is 567 g/mol. The van der Waals surface area contributed by atoms with Gasteiger partial charge in [-0.15, -0.1) is 16.9 Å². The van der Waals surface area contributed by atoms with Gasteiger partial charge in [0.15, 0.2) is 6.10 Å². The Bertz CT molecular complexity index is 1330. The van der Waals surface area contributed by atoms with Crippen LogP contribution in [0.3, 0.4) is 0 Å². The number of hydrogen-bond donors (Lipinski definition) is 3. The van der Waals surface area contributed by atoms with Crippen LogP contribution in [0.4, 0.5) is 0 Å². The largest absolute Gasteiger partial charge is 0.381 e. The van der Waals surface area contributed by atoms with E-state index in [0.29, 0.717) is 17.1 Å². The molecule has 3 aromatic rings. The van der Waals surface area contributed by atoms with Gasteiger partial charge in [0.05, 0.1) is 17.6 Å². The smallest absolute Gasteiger partial charge is 0.265 e. The summed E-state index contributed by atoms with van der Waals surface area (Å²) in [5.74, 6) is -1.11. The molecule has 39 heavy (non-hydrogen) atoms. The van der Waals surface area contributed by atoms with Crippen LogP contribution in [0.1, 0.15) is 45.9 Å². The highest BCUT2D eigenvalue weighted by Gasteiger charge is 2.49. The molecule has 0 aliphatic carbocycles. The molecule has 1 aliphatic rings. The SMILES string of the molecule is Cc1ccccc1CNC(=O)[C@H]1N(C(=O)[C@@H](O)[C@H](Cc2ccccc2)NC(=O)c2snnc2C)CSC1(C)C. The van der Waals surface area contributed by atoms with Crippen molar-refractivity contribution < 1.29 is 19.5 Å². The van der Waals surface area contributed by atoms with Gasteiger partial charge in [0.1, 0.15) is 10.9 Å². The molecule has 3 atom stereocenters. The fourth-order valence-electron chi connectivity index (χ4n) is 4.63. The molecule has 0 radical (unpaired) electrons. The average molecular weight is 568 g/mol. The van der Waals surface area contributed by atoms with E-state index in [1.54, 1.807) is 6.92 Å². The first-order chi connectivity index (χ1) is 18.6. The zero-order chi connectivity index (χ0) is 28.2. The van der Waals surface area contributed by atoms with Crippen LogP contribution in [-0.4, -0.2) is 66.1 Å². The van der Waals surface area contributed by atoms with Crippen LogP contribution in [-0.2, 0) is 22.6 Å². The molecule has 1 saturated heterocycles. The number of aryl methyl sites for hydroxylation is 2. The van der Waals surface area contributed by atoms with Crippen molar-refractivity contribution in [2.24, 2.45) is 0 Å². The van der Waals surface area contributed by atoms with Gasteiger partial charge in [0.2, 0.25) is 5.91 Å².